The van der Waals surface area contributed by atoms with Crippen molar-refractivity contribution in [1.82, 2.24) is 0 Å². The first kappa shape index (κ1) is 19.7. The Kier molecular flexibility index (Phi) is 6.91. The van der Waals surface area contributed by atoms with Crippen LogP contribution in [0.25, 0.3) is 0 Å². The summed E-state index contributed by atoms with van der Waals surface area (Å²) in [5, 5.41) is 10.2. The molecule has 25 heavy (non-hydrogen) atoms. The van der Waals surface area contributed by atoms with Gasteiger partial charge in [-0.2, -0.15) is 0 Å². The third-order valence-electron chi connectivity index (χ3n) is 8.44. The summed E-state index contributed by atoms with van der Waals surface area (Å²) in [4.78, 5) is 0. The van der Waals surface area contributed by atoms with Gasteiger partial charge in [-0.15, -0.1) is 0 Å². The Bertz CT molecular complexity index is 385. The molecule has 0 bridgehead atoms. The number of rotatable bonds is 4. The molecule has 3 saturated carbocycles. The second-order valence-electron chi connectivity index (χ2n) is 10.9. The fraction of sp³-hybridized carbons (Fsp3) is 1.00. The van der Waals surface area contributed by atoms with Crippen LogP contribution >= 0.6 is 0 Å². The summed E-state index contributed by atoms with van der Waals surface area (Å²) in [5.41, 5.74) is 0.420. The first-order valence-electron chi connectivity index (χ1n) is 11.6. The van der Waals surface area contributed by atoms with E-state index < -0.39 is 0 Å². The number of hydrogen-bond acceptors (Lipinski definition) is 1. The molecule has 2 unspecified atom stereocenters. The maximum Gasteiger partial charge on any atom is 0.0543 e. The van der Waals surface area contributed by atoms with Crippen LogP contribution < -0.4 is 0 Å². The van der Waals surface area contributed by atoms with Crippen LogP contribution in [0.1, 0.15) is 111 Å². The van der Waals surface area contributed by atoms with Gasteiger partial charge in [0.25, 0.3) is 0 Å². The number of aliphatic hydroxyl groups excluding tert-OH is 1. The Labute approximate surface area is 157 Å². The highest BCUT2D eigenvalue weighted by Gasteiger charge is 2.36. The Morgan fingerprint density at radius 2 is 1.32 bits per heavy atom. The molecule has 146 valence electrons. The lowest BCUT2D eigenvalue weighted by Gasteiger charge is -2.41. The molecule has 3 aliphatic rings. The van der Waals surface area contributed by atoms with Gasteiger partial charge < -0.3 is 5.11 Å². The maximum absolute atomic E-state index is 10.2. The molecule has 1 nitrogen and oxygen atoms in total. The molecule has 3 aliphatic carbocycles. The Morgan fingerprint density at radius 1 is 0.760 bits per heavy atom. The van der Waals surface area contributed by atoms with Crippen molar-refractivity contribution in [3.63, 3.8) is 0 Å². The van der Waals surface area contributed by atoms with Gasteiger partial charge in [0.1, 0.15) is 0 Å². The van der Waals surface area contributed by atoms with Crippen LogP contribution in [0.4, 0.5) is 0 Å². The summed E-state index contributed by atoms with van der Waals surface area (Å²) in [6.07, 6.45) is 19.4. The topological polar surface area (TPSA) is 20.2 Å². The second-order valence-corrected chi connectivity index (χ2v) is 10.9. The van der Waals surface area contributed by atoms with Crippen molar-refractivity contribution < 1.29 is 5.11 Å². The van der Waals surface area contributed by atoms with Gasteiger partial charge in [-0.25, -0.2) is 0 Å². The van der Waals surface area contributed by atoms with Gasteiger partial charge in [-0.3, -0.25) is 0 Å². The van der Waals surface area contributed by atoms with Crippen LogP contribution in [0, 0.1) is 35.0 Å². The fourth-order valence-corrected chi connectivity index (χ4v) is 6.58. The molecule has 0 saturated heterocycles. The highest BCUT2D eigenvalue weighted by Crippen LogP contribution is 2.47. The second kappa shape index (κ2) is 8.77. The van der Waals surface area contributed by atoms with Gasteiger partial charge >= 0.3 is 0 Å². The summed E-state index contributed by atoms with van der Waals surface area (Å²) in [6, 6.07) is 0. The van der Waals surface area contributed by atoms with Crippen LogP contribution in [0.2, 0.25) is 0 Å². The molecule has 0 aromatic heterocycles. The summed E-state index contributed by atoms with van der Waals surface area (Å²) in [5.74, 6) is 4.79. The standard InChI is InChI=1S/C24H44O/c1-18-8-12-20(13-9-18)21-14-10-19(11-15-21)17-24(2,3)22-6-4-5-7-23(25)16-22/h18-23,25H,4-17H2,1-3H3. The number of aliphatic hydroxyl groups is 1. The molecule has 0 aromatic carbocycles. The molecular weight excluding hydrogens is 304 g/mol. The molecule has 0 radical (unpaired) electrons. The van der Waals surface area contributed by atoms with Crippen molar-refractivity contribution in [2.24, 2.45) is 35.0 Å². The van der Waals surface area contributed by atoms with Crippen LogP contribution in [-0.4, -0.2) is 11.2 Å². The van der Waals surface area contributed by atoms with E-state index in [4.69, 9.17) is 0 Å². The predicted octanol–water partition coefficient (Wildman–Crippen LogP) is 6.98. The molecule has 0 aromatic rings. The lowest BCUT2D eigenvalue weighted by Crippen LogP contribution is -2.31. The lowest BCUT2D eigenvalue weighted by atomic mass is 9.64. The van der Waals surface area contributed by atoms with Gasteiger partial charge in [-0.1, -0.05) is 59.3 Å². The lowest BCUT2D eigenvalue weighted by molar-refractivity contribution is 0.0675. The van der Waals surface area contributed by atoms with Crippen molar-refractivity contribution >= 4 is 0 Å². The summed E-state index contributed by atoms with van der Waals surface area (Å²) in [7, 11) is 0. The van der Waals surface area contributed by atoms with E-state index in [-0.39, 0.29) is 6.10 Å². The van der Waals surface area contributed by atoms with Gasteiger partial charge in [0.2, 0.25) is 0 Å². The van der Waals surface area contributed by atoms with Crippen LogP contribution in [0.3, 0.4) is 0 Å². The van der Waals surface area contributed by atoms with Gasteiger partial charge in [-0.05, 0) is 86.4 Å². The van der Waals surface area contributed by atoms with E-state index in [0.717, 1.165) is 42.4 Å². The van der Waals surface area contributed by atoms with Crippen molar-refractivity contribution in [1.29, 1.82) is 0 Å². The zero-order valence-electron chi connectivity index (χ0n) is 17.3. The zero-order chi connectivity index (χ0) is 17.9. The summed E-state index contributed by atoms with van der Waals surface area (Å²) < 4.78 is 0. The quantitative estimate of drug-likeness (QED) is 0.543. The van der Waals surface area contributed by atoms with Crippen molar-refractivity contribution in [3.8, 4) is 0 Å². The molecule has 2 atom stereocenters. The molecule has 0 spiro atoms. The number of hydrogen-bond donors (Lipinski definition) is 1. The first-order valence-corrected chi connectivity index (χ1v) is 11.6. The molecule has 3 fully saturated rings. The summed E-state index contributed by atoms with van der Waals surface area (Å²) in [6.45, 7) is 7.45. The van der Waals surface area contributed by atoms with Crippen LogP contribution in [-0.2, 0) is 0 Å². The Morgan fingerprint density at radius 3 is 1.96 bits per heavy atom. The van der Waals surface area contributed by atoms with Crippen LogP contribution in [0.5, 0.6) is 0 Å². The van der Waals surface area contributed by atoms with Crippen molar-refractivity contribution in [2.45, 2.75) is 117 Å². The minimum Gasteiger partial charge on any atom is -0.393 e. The molecule has 1 heteroatoms. The van der Waals surface area contributed by atoms with E-state index in [0.29, 0.717) is 5.41 Å². The Balaban J connectivity index is 1.46. The van der Waals surface area contributed by atoms with E-state index in [9.17, 15) is 5.11 Å². The minimum absolute atomic E-state index is 0.0313. The van der Waals surface area contributed by atoms with Crippen molar-refractivity contribution in [3.05, 3.63) is 0 Å². The largest absolute Gasteiger partial charge is 0.393 e. The Hall–Kier alpha value is -0.0400. The van der Waals surface area contributed by atoms with Gasteiger partial charge in [0.15, 0.2) is 0 Å². The van der Waals surface area contributed by atoms with E-state index >= 15 is 0 Å². The van der Waals surface area contributed by atoms with Gasteiger partial charge in [0, 0.05) is 0 Å². The molecule has 0 aliphatic heterocycles. The van der Waals surface area contributed by atoms with Gasteiger partial charge in [0.05, 0.1) is 6.10 Å². The van der Waals surface area contributed by atoms with E-state index in [1.165, 1.54) is 77.0 Å². The molecule has 3 rings (SSSR count). The van der Waals surface area contributed by atoms with E-state index in [1.54, 1.807) is 0 Å². The average molecular weight is 349 g/mol. The SMILES string of the molecule is CC1CCC(C2CCC(CC(C)(C)C3CCCCC(O)C3)CC2)CC1. The third kappa shape index (κ3) is 5.47. The van der Waals surface area contributed by atoms with E-state index in [2.05, 4.69) is 20.8 Å². The highest BCUT2D eigenvalue weighted by atomic mass is 16.3. The summed E-state index contributed by atoms with van der Waals surface area (Å²) >= 11 is 0. The molecule has 0 heterocycles. The third-order valence-corrected chi connectivity index (χ3v) is 8.44. The molecule has 1 N–H and O–H groups in total. The predicted molar refractivity (Wildman–Crippen MR) is 108 cm³/mol. The van der Waals surface area contributed by atoms with Crippen molar-refractivity contribution in [2.75, 3.05) is 0 Å². The van der Waals surface area contributed by atoms with E-state index in [1.807, 2.05) is 0 Å². The normalized spacial score (nSPS) is 41.3. The minimum atomic E-state index is -0.0313. The smallest absolute Gasteiger partial charge is 0.0543 e. The maximum atomic E-state index is 10.2. The zero-order valence-corrected chi connectivity index (χ0v) is 17.3. The fourth-order valence-electron chi connectivity index (χ4n) is 6.58. The molecule has 0 amide bonds. The monoisotopic (exact) mass is 348 g/mol. The average Bonchev–Trinajstić information content (AvgIpc) is 2.81. The van der Waals surface area contributed by atoms with Crippen LogP contribution in [0.15, 0.2) is 0 Å². The first-order chi connectivity index (χ1) is 11.9. The highest BCUT2D eigenvalue weighted by molar-refractivity contribution is 4.87. The molecular formula is C24H44O.